The molecule has 2 amide bonds. The van der Waals surface area contributed by atoms with Gasteiger partial charge < -0.3 is 9.80 Å². The maximum absolute atomic E-state index is 13.1. The van der Waals surface area contributed by atoms with Crippen molar-refractivity contribution in [2.45, 2.75) is 64.8 Å². The molecule has 4 rings (SSSR count). The van der Waals surface area contributed by atoms with Gasteiger partial charge in [-0.05, 0) is 57.6 Å². The maximum atomic E-state index is 13.1. The Balaban J connectivity index is 1.37. The number of hydrogen-bond acceptors (Lipinski definition) is 4. The standard InChI is InChI=1S/C23H35N3O2S/c1-17(2)24-11-13-26(14-12-24)22(27)18-7-8-20-19(15-18)16-21(29-20)23(28)25-9-5-3-4-6-10-25/h16-18H,3-15H2,1-2H3. The Morgan fingerprint density at radius 2 is 1.66 bits per heavy atom. The van der Waals surface area contributed by atoms with Gasteiger partial charge in [-0.2, -0.15) is 0 Å². The van der Waals surface area contributed by atoms with Gasteiger partial charge in [-0.3, -0.25) is 14.5 Å². The molecule has 1 aromatic rings. The summed E-state index contributed by atoms with van der Waals surface area (Å²) in [5.41, 5.74) is 1.25. The Hall–Kier alpha value is -1.40. The molecule has 5 nitrogen and oxygen atoms in total. The zero-order valence-corrected chi connectivity index (χ0v) is 18.8. The summed E-state index contributed by atoms with van der Waals surface area (Å²) < 4.78 is 0. The van der Waals surface area contributed by atoms with E-state index in [2.05, 4.69) is 29.7 Å². The van der Waals surface area contributed by atoms with E-state index in [4.69, 9.17) is 0 Å². The van der Waals surface area contributed by atoms with Crippen LogP contribution >= 0.6 is 11.3 Å². The fraction of sp³-hybridized carbons (Fsp3) is 0.739. The quantitative estimate of drug-likeness (QED) is 0.757. The monoisotopic (exact) mass is 417 g/mol. The lowest BCUT2D eigenvalue weighted by molar-refractivity contribution is -0.137. The van der Waals surface area contributed by atoms with Crippen LogP contribution in [-0.4, -0.2) is 71.8 Å². The molecular weight excluding hydrogens is 382 g/mol. The number of nitrogens with zero attached hydrogens (tertiary/aromatic N) is 3. The third-order valence-electron chi connectivity index (χ3n) is 6.89. The average molecular weight is 418 g/mol. The van der Waals surface area contributed by atoms with Gasteiger partial charge in [-0.25, -0.2) is 0 Å². The molecule has 2 saturated heterocycles. The third kappa shape index (κ3) is 4.69. The smallest absolute Gasteiger partial charge is 0.263 e. The summed E-state index contributed by atoms with van der Waals surface area (Å²) >= 11 is 1.67. The van der Waals surface area contributed by atoms with Crippen molar-refractivity contribution in [3.8, 4) is 0 Å². The van der Waals surface area contributed by atoms with Crippen LogP contribution in [0.5, 0.6) is 0 Å². The Morgan fingerprint density at radius 1 is 0.966 bits per heavy atom. The van der Waals surface area contributed by atoms with Crippen molar-refractivity contribution < 1.29 is 9.59 Å². The van der Waals surface area contributed by atoms with Crippen LogP contribution in [0.15, 0.2) is 6.07 Å². The van der Waals surface area contributed by atoms with Gasteiger partial charge >= 0.3 is 0 Å². The first-order valence-electron chi connectivity index (χ1n) is 11.5. The van der Waals surface area contributed by atoms with Gasteiger partial charge in [0.15, 0.2) is 0 Å². The van der Waals surface area contributed by atoms with Crippen molar-refractivity contribution >= 4 is 23.2 Å². The molecule has 160 valence electrons. The van der Waals surface area contributed by atoms with Crippen molar-refractivity contribution in [2.75, 3.05) is 39.3 Å². The van der Waals surface area contributed by atoms with Crippen LogP contribution in [0.1, 0.15) is 66.1 Å². The number of hydrogen-bond donors (Lipinski definition) is 0. The number of amides is 2. The number of piperazine rings is 1. The minimum atomic E-state index is 0.0869. The molecule has 6 heteroatoms. The predicted octanol–water partition coefficient (Wildman–Crippen LogP) is 3.42. The van der Waals surface area contributed by atoms with Gasteiger partial charge in [0.05, 0.1) is 4.88 Å². The van der Waals surface area contributed by atoms with Crippen molar-refractivity contribution in [1.29, 1.82) is 0 Å². The predicted molar refractivity (Wildman–Crippen MR) is 117 cm³/mol. The molecule has 2 aliphatic heterocycles. The van der Waals surface area contributed by atoms with Crippen molar-refractivity contribution in [1.82, 2.24) is 14.7 Å². The molecule has 3 aliphatic rings. The summed E-state index contributed by atoms with van der Waals surface area (Å²) in [6.07, 6.45) is 7.39. The Bertz CT molecular complexity index is 728. The summed E-state index contributed by atoms with van der Waals surface area (Å²) in [6, 6.07) is 2.65. The fourth-order valence-electron chi connectivity index (χ4n) is 4.99. The van der Waals surface area contributed by atoms with E-state index in [9.17, 15) is 9.59 Å². The van der Waals surface area contributed by atoms with Gasteiger partial charge in [0.25, 0.3) is 5.91 Å². The first-order chi connectivity index (χ1) is 14.0. The molecule has 0 N–H and O–H groups in total. The average Bonchev–Trinajstić information content (AvgIpc) is 2.97. The van der Waals surface area contributed by atoms with Crippen molar-refractivity contribution in [2.24, 2.45) is 5.92 Å². The summed E-state index contributed by atoms with van der Waals surface area (Å²) in [5, 5.41) is 0. The number of thiophene rings is 1. The fourth-order valence-corrected chi connectivity index (χ4v) is 6.16. The zero-order valence-electron chi connectivity index (χ0n) is 18.0. The van der Waals surface area contributed by atoms with E-state index < -0.39 is 0 Å². The summed E-state index contributed by atoms with van der Waals surface area (Å²) in [5.74, 6) is 0.619. The van der Waals surface area contributed by atoms with Crippen LogP contribution in [0.3, 0.4) is 0 Å². The van der Waals surface area contributed by atoms with Gasteiger partial charge in [0.1, 0.15) is 0 Å². The highest BCUT2D eigenvalue weighted by atomic mass is 32.1. The van der Waals surface area contributed by atoms with Crippen LogP contribution < -0.4 is 0 Å². The highest BCUT2D eigenvalue weighted by Crippen LogP contribution is 2.34. The van der Waals surface area contributed by atoms with E-state index in [1.807, 2.05) is 4.90 Å². The summed E-state index contributed by atoms with van der Waals surface area (Å²) in [7, 11) is 0. The minimum Gasteiger partial charge on any atom is -0.340 e. The van der Waals surface area contributed by atoms with Gasteiger partial charge in [-0.15, -0.1) is 11.3 Å². The number of carbonyl (C=O) groups excluding carboxylic acids is 2. The topological polar surface area (TPSA) is 43.9 Å². The van der Waals surface area contributed by atoms with E-state index in [0.717, 1.165) is 76.2 Å². The first-order valence-corrected chi connectivity index (χ1v) is 12.3. The molecule has 1 unspecified atom stereocenters. The van der Waals surface area contributed by atoms with Gasteiger partial charge in [0, 0.05) is 56.1 Å². The van der Waals surface area contributed by atoms with E-state index in [0.29, 0.717) is 11.9 Å². The second kappa shape index (κ2) is 9.17. The highest BCUT2D eigenvalue weighted by molar-refractivity contribution is 7.14. The molecule has 29 heavy (non-hydrogen) atoms. The largest absolute Gasteiger partial charge is 0.340 e. The lowest BCUT2D eigenvalue weighted by Crippen LogP contribution is -2.52. The molecule has 1 aliphatic carbocycles. The second-order valence-corrected chi connectivity index (χ2v) is 10.3. The second-order valence-electron chi connectivity index (χ2n) is 9.16. The van der Waals surface area contributed by atoms with E-state index in [1.165, 1.54) is 23.3 Å². The Morgan fingerprint density at radius 3 is 2.31 bits per heavy atom. The van der Waals surface area contributed by atoms with E-state index >= 15 is 0 Å². The minimum absolute atomic E-state index is 0.0869. The van der Waals surface area contributed by atoms with Crippen molar-refractivity contribution in [3.63, 3.8) is 0 Å². The number of carbonyl (C=O) groups is 2. The van der Waals surface area contributed by atoms with Crippen molar-refractivity contribution in [3.05, 3.63) is 21.4 Å². The number of likely N-dealkylation sites (tertiary alicyclic amines) is 1. The number of fused-ring (bicyclic) bond motifs is 1. The molecule has 0 spiro atoms. The van der Waals surface area contributed by atoms with E-state index in [-0.39, 0.29) is 11.8 Å². The van der Waals surface area contributed by atoms with Gasteiger partial charge in [0.2, 0.25) is 5.91 Å². The molecule has 0 saturated carbocycles. The summed E-state index contributed by atoms with van der Waals surface area (Å²) in [6.45, 7) is 9.90. The highest BCUT2D eigenvalue weighted by Gasteiger charge is 2.32. The SMILES string of the molecule is CC(C)N1CCN(C(=O)C2CCc3sc(C(=O)N4CCCCCC4)cc3C2)CC1. The molecule has 0 radical (unpaired) electrons. The number of aryl methyl sites for hydroxylation is 1. The molecule has 3 heterocycles. The Kier molecular flexibility index (Phi) is 6.60. The molecule has 0 bridgehead atoms. The van der Waals surface area contributed by atoms with Gasteiger partial charge in [-0.1, -0.05) is 12.8 Å². The van der Waals surface area contributed by atoms with Crippen LogP contribution in [0, 0.1) is 5.92 Å². The normalized spacial score (nSPS) is 23.8. The Labute approximate surface area is 179 Å². The molecular formula is C23H35N3O2S. The first kappa shape index (κ1) is 20.9. The van der Waals surface area contributed by atoms with Crippen LogP contribution in [-0.2, 0) is 17.6 Å². The maximum Gasteiger partial charge on any atom is 0.263 e. The van der Waals surface area contributed by atoms with Crippen LogP contribution in [0.25, 0.3) is 0 Å². The lowest BCUT2D eigenvalue weighted by atomic mass is 9.87. The van der Waals surface area contributed by atoms with Crippen LogP contribution in [0.2, 0.25) is 0 Å². The van der Waals surface area contributed by atoms with Crippen LogP contribution in [0.4, 0.5) is 0 Å². The molecule has 1 atom stereocenters. The molecule has 0 aromatic carbocycles. The summed E-state index contributed by atoms with van der Waals surface area (Å²) in [4.78, 5) is 34.9. The zero-order chi connectivity index (χ0) is 20.4. The molecule has 2 fully saturated rings. The molecule has 1 aromatic heterocycles. The third-order valence-corrected chi connectivity index (χ3v) is 8.12. The lowest BCUT2D eigenvalue weighted by Gasteiger charge is -2.38. The number of rotatable bonds is 3. The van der Waals surface area contributed by atoms with E-state index in [1.54, 1.807) is 11.3 Å².